The average molecular weight is 313 g/mol. The van der Waals surface area contributed by atoms with Crippen molar-refractivity contribution in [3.63, 3.8) is 0 Å². The first-order valence-electron chi connectivity index (χ1n) is 6.03. The summed E-state index contributed by atoms with van der Waals surface area (Å²) < 4.78 is 1.00. The van der Waals surface area contributed by atoms with E-state index in [4.69, 9.17) is 5.73 Å². The second-order valence-electron chi connectivity index (χ2n) is 5.63. The van der Waals surface area contributed by atoms with Crippen molar-refractivity contribution in [3.05, 3.63) is 34.3 Å². The van der Waals surface area contributed by atoms with Gasteiger partial charge >= 0.3 is 0 Å². The van der Waals surface area contributed by atoms with Crippen LogP contribution in [0.3, 0.4) is 0 Å². The van der Waals surface area contributed by atoms with Crippen LogP contribution in [0.25, 0.3) is 0 Å². The van der Waals surface area contributed by atoms with E-state index >= 15 is 0 Å². The van der Waals surface area contributed by atoms with Crippen molar-refractivity contribution < 1.29 is 4.79 Å². The second kappa shape index (κ2) is 5.85. The van der Waals surface area contributed by atoms with Crippen LogP contribution >= 0.6 is 15.9 Å². The van der Waals surface area contributed by atoms with Gasteiger partial charge in [0.05, 0.1) is 12.1 Å². The zero-order chi connectivity index (χ0) is 13.9. The third-order valence-corrected chi connectivity index (χ3v) is 3.42. The molecule has 1 unspecified atom stereocenters. The van der Waals surface area contributed by atoms with Crippen LogP contribution < -0.4 is 11.1 Å². The van der Waals surface area contributed by atoms with Gasteiger partial charge in [-0.25, -0.2) is 0 Å². The lowest BCUT2D eigenvalue weighted by molar-refractivity contribution is -0.125. The van der Waals surface area contributed by atoms with Gasteiger partial charge in [-0.3, -0.25) is 4.79 Å². The fraction of sp³-hybridized carbons (Fsp3) is 0.500. The summed E-state index contributed by atoms with van der Waals surface area (Å²) in [6.07, 6.45) is 0. The number of halogens is 1. The number of amides is 1. The minimum absolute atomic E-state index is 0.0524. The molecular weight excluding hydrogens is 292 g/mol. The zero-order valence-corrected chi connectivity index (χ0v) is 12.9. The third kappa shape index (κ3) is 4.10. The molecule has 1 aromatic carbocycles. The number of carbonyl (C=O) groups excluding carboxylic acids is 1. The molecule has 0 heterocycles. The topological polar surface area (TPSA) is 55.1 Å². The van der Waals surface area contributed by atoms with Crippen molar-refractivity contribution in [2.45, 2.75) is 39.8 Å². The van der Waals surface area contributed by atoms with Gasteiger partial charge in [-0.1, -0.05) is 48.8 Å². The molecule has 1 amide bonds. The van der Waals surface area contributed by atoms with Gasteiger partial charge in [0, 0.05) is 4.47 Å². The minimum atomic E-state index is -0.507. The van der Waals surface area contributed by atoms with E-state index in [1.54, 1.807) is 0 Å². The summed E-state index contributed by atoms with van der Waals surface area (Å²) in [4.78, 5) is 12.0. The highest BCUT2D eigenvalue weighted by Crippen LogP contribution is 2.20. The van der Waals surface area contributed by atoms with Gasteiger partial charge in [-0.15, -0.1) is 0 Å². The lowest BCUT2D eigenvalue weighted by Crippen LogP contribution is -2.49. The van der Waals surface area contributed by atoms with E-state index in [-0.39, 0.29) is 17.4 Å². The number of hydrogen-bond donors (Lipinski definition) is 2. The predicted molar refractivity (Wildman–Crippen MR) is 78.1 cm³/mol. The Balaban J connectivity index is 2.71. The largest absolute Gasteiger partial charge is 0.348 e. The number of hydrogen-bond acceptors (Lipinski definition) is 2. The minimum Gasteiger partial charge on any atom is -0.348 e. The first kappa shape index (κ1) is 15.2. The maximum atomic E-state index is 12.0. The molecule has 0 bridgehead atoms. The Labute approximate surface area is 117 Å². The molecule has 0 saturated heterocycles. The van der Waals surface area contributed by atoms with Crippen LogP contribution in [0.2, 0.25) is 0 Å². The first-order chi connectivity index (χ1) is 8.21. The van der Waals surface area contributed by atoms with E-state index in [0.29, 0.717) is 0 Å². The Morgan fingerprint density at radius 2 is 2.00 bits per heavy atom. The summed E-state index contributed by atoms with van der Waals surface area (Å²) in [6.45, 7) is 7.83. The average Bonchev–Trinajstić information content (AvgIpc) is 2.26. The van der Waals surface area contributed by atoms with E-state index in [9.17, 15) is 4.79 Å². The monoisotopic (exact) mass is 312 g/mol. The van der Waals surface area contributed by atoms with Crippen LogP contribution in [0.1, 0.15) is 39.3 Å². The molecule has 1 aromatic rings. The number of nitrogens with one attached hydrogen (secondary N) is 1. The molecule has 18 heavy (non-hydrogen) atoms. The molecule has 0 spiro atoms. The molecule has 3 nitrogen and oxygen atoms in total. The van der Waals surface area contributed by atoms with Crippen molar-refractivity contribution in [1.82, 2.24) is 5.32 Å². The summed E-state index contributed by atoms with van der Waals surface area (Å²) in [5.74, 6) is -0.116. The Kier molecular flexibility index (Phi) is 4.93. The van der Waals surface area contributed by atoms with Crippen molar-refractivity contribution in [3.8, 4) is 0 Å². The maximum Gasteiger partial charge on any atom is 0.237 e. The molecule has 1 rings (SSSR count). The van der Waals surface area contributed by atoms with Gasteiger partial charge in [0.15, 0.2) is 0 Å². The van der Waals surface area contributed by atoms with E-state index in [1.807, 2.05) is 52.0 Å². The third-order valence-electron chi connectivity index (χ3n) is 2.92. The Bertz CT molecular complexity index is 426. The molecule has 0 aromatic heterocycles. The Morgan fingerprint density at radius 3 is 2.50 bits per heavy atom. The lowest BCUT2D eigenvalue weighted by Gasteiger charge is -2.27. The van der Waals surface area contributed by atoms with E-state index in [0.717, 1.165) is 10.0 Å². The summed E-state index contributed by atoms with van der Waals surface area (Å²) in [6, 6.07) is 7.33. The summed E-state index contributed by atoms with van der Waals surface area (Å²) in [7, 11) is 0. The molecule has 0 fully saturated rings. The maximum absolute atomic E-state index is 12.0. The molecule has 0 aliphatic rings. The van der Waals surface area contributed by atoms with Crippen LogP contribution in [0.4, 0.5) is 0 Å². The molecule has 0 saturated carbocycles. The Morgan fingerprint density at radius 1 is 1.39 bits per heavy atom. The summed E-state index contributed by atoms with van der Waals surface area (Å²) in [5, 5.41) is 2.94. The summed E-state index contributed by atoms with van der Waals surface area (Å²) in [5.41, 5.74) is 6.75. The van der Waals surface area contributed by atoms with Gasteiger partial charge < -0.3 is 11.1 Å². The van der Waals surface area contributed by atoms with Crippen LogP contribution in [-0.2, 0) is 4.79 Å². The SMILES string of the molecule is CC(NC(=O)[C@@H](N)C(C)(C)C)c1cccc(Br)c1. The molecule has 3 N–H and O–H groups in total. The Hall–Kier alpha value is -0.870. The molecule has 2 atom stereocenters. The molecule has 4 heteroatoms. The second-order valence-corrected chi connectivity index (χ2v) is 6.54. The van der Waals surface area contributed by atoms with Crippen molar-refractivity contribution in [2.24, 2.45) is 11.1 Å². The quantitative estimate of drug-likeness (QED) is 0.901. The summed E-state index contributed by atoms with van der Waals surface area (Å²) >= 11 is 3.42. The van der Waals surface area contributed by atoms with Crippen LogP contribution in [0.5, 0.6) is 0 Å². The first-order valence-corrected chi connectivity index (χ1v) is 6.82. The van der Waals surface area contributed by atoms with Gasteiger partial charge in [0.2, 0.25) is 5.91 Å². The lowest BCUT2D eigenvalue weighted by atomic mass is 9.86. The van der Waals surface area contributed by atoms with Crippen molar-refractivity contribution in [1.29, 1.82) is 0 Å². The van der Waals surface area contributed by atoms with E-state index in [1.165, 1.54) is 0 Å². The highest BCUT2D eigenvalue weighted by Gasteiger charge is 2.28. The van der Waals surface area contributed by atoms with Crippen LogP contribution in [0, 0.1) is 5.41 Å². The smallest absolute Gasteiger partial charge is 0.237 e. The van der Waals surface area contributed by atoms with Crippen molar-refractivity contribution >= 4 is 21.8 Å². The van der Waals surface area contributed by atoms with Gasteiger partial charge in [0.1, 0.15) is 0 Å². The molecule has 0 radical (unpaired) electrons. The number of rotatable bonds is 3. The number of carbonyl (C=O) groups is 1. The number of nitrogens with two attached hydrogens (primary N) is 1. The zero-order valence-electron chi connectivity index (χ0n) is 11.3. The molecule has 100 valence electrons. The molecule has 0 aliphatic heterocycles. The molecule has 0 aliphatic carbocycles. The number of benzene rings is 1. The van der Waals surface area contributed by atoms with Gasteiger partial charge in [-0.2, -0.15) is 0 Å². The standard InChI is InChI=1S/C14H21BrN2O/c1-9(10-6-5-7-11(15)8-10)17-13(18)12(16)14(2,3)4/h5-9,12H,16H2,1-4H3,(H,17,18)/t9?,12-/m1/s1. The van der Waals surface area contributed by atoms with Crippen molar-refractivity contribution in [2.75, 3.05) is 0 Å². The van der Waals surface area contributed by atoms with Gasteiger partial charge in [-0.05, 0) is 30.0 Å². The molecular formula is C14H21BrN2O. The normalized spacial score (nSPS) is 15.0. The van der Waals surface area contributed by atoms with Gasteiger partial charge in [0.25, 0.3) is 0 Å². The predicted octanol–water partition coefficient (Wildman–Crippen LogP) is 3.00. The fourth-order valence-electron chi connectivity index (χ4n) is 1.56. The van der Waals surface area contributed by atoms with E-state index in [2.05, 4.69) is 21.2 Å². The fourth-order valence-corrected chi connectivity index (χ4v) is 1.97. The van der Waals surface area contributed by atoms with Crippen LogP contribution in [0.15, 0.2) is 28.7 Å². The van der Waals surface area contributed by atoms with Crippen LogP contribution in [-0.4, -0.2) is 11.9 Å². The highest BCUT2D eigenvalue weighted by atomic mass is 79.9. The van der Waals surface area contributed by atoms with E-state index < -0.39 is 6.04 Å². The highest BCUT2D eigenvalue weighted by molar-refractivity contribution is 9.10.